The molecule has 0 spiro atoms. The monoisotopic (exact) mass is 351 g/mol. The van der Waals surface area contributed by atoms with Gasteiger partial charge in [0.05, 0.1) is 4.47 Å². The second kappa shape index (κ2) is 4.93. The molecule has 108 valence electrons. The molecule has 0 saturated heterocycles. The van der Waals surface area contributed by atoms with Crippen LogP contribution in [0.15, 0.2) is 16.7 Å². The van der Waals surface area contributed by atoms with E-state index in [0.29, 0.717) is 4.68 Å². The maximum atomic E-state index is 12.8. The number of alkyl halides is 3. The third-order valence-corrected chi connectivity index (χ3v) is 3.18. The first-order valence-corrected chi connectivity index (χ1v) is 6.10. The van der Waals surface area contributed by atoms with Crippen LogP contribution in [0, 0.1) is 0 Å². The molecule has 0 fully saturated rings. The lowest BCUT2D eigenvalue weighted by molar-refractivity contribution is -0.144. The highest BCUT2D eigenvalue weighted by atomic mass is 79.9. The number of carbonyl (C=O) groups is 1. The molecule has 6 nitrogen and oxygen atoms in total. The summed E-state index contributed by atoms with van der Waals surface area (Å²) in [5.41, 5.74) is -1.38. The van der Waals surface area contributed by atoms with Gasteiger partial charge in [-0.1, -0.05) is 0 Å². The van der Waals surface area contributed by atoms with Crippen molar-refractivity contribution in [2.24, 2.45) is 14.1 Å². The normalized spacial score (nSPS) is 11.7. The van der Waals surface area contributed by atoms with Gasteiger partial charge in [-0.25, -0.2) is 0 Å². The maximum absolute atomic E-state index is 12.8. The number of aromatic nitrogens is 4. The zero-order valence-corrected chi connectivity index (χ0v) is 11.9. The van der Waals surface area contributed by atoms with Gasteiger partial charge in [0, 0.05) is 26.4 Å². The fraction of sp³-hybridized carbons (Fsp3) is 0.300. The molecule has 0 aliphatic carbocycles. The van der Waals surface area contributed by atoms with E-state index in [0.717, 1.165) is 7.05 Å². The molecule has 2 aromatic heterocycles. The van der Waals surface area contributed by atoms with Crippen LogP contribution >= 0.6 is 15.9 Å². The Morgan fingerprint density at radius 1 is 1.35 bits per heavy atom. The Kier molecular flexibility index (Phi) is 3.59. The number of nitrogens with one attached hydrogen (secondary N) is 1. The van der Waals surface area contributed by atoms with Crippen LogP contribution in [-0.4, -0.2) is 25.5 Å². The van der Waals surface area contributed by atoms with E-state index in [1.165, 1.54) is 10.7 Å². The molecule has 0 aromatic carbocycles. The van der Waals surface area contributed by atoms with Gasteiger partial charge in [-0.3, -0.25) is 14.2 Å². The van der Waals surface area contributed by atoms with Crippen LogP contribution in [0.25, 0.3) is 0 Å². The SMILES string of the molecule is Cn1ccc(NC(=O)c2nn(C)c(C(F)(F)F)c2Br)n1. The number of hydrogen-bond donors (Lipinski definition) is 1. The summed E-state index contributed by atoms with van der Waals surface area (Å²) in [6.45, 7) is 0. The number of aryl methyl sites for hydroxylation is 2. The summed E-state index contributed by atoms with van der Waals surface area (Å²) in [6.07, 6.45) is -3.02. The van der Waals surface area contributed by atoms with Crippen molar-refractivity contribution in [3.63, 3.8) is 0 Å². The Hall–Kier alpha value is -1.84. The molecular formula is C10H9BrF3N5O. The largest absolute Gasteiger partial charge is 0.434 e. The predicted molar refractivity (Wildman–Crippen MR) is 67.1 cm³/mol. The lowest BCUT2D eigenvalue weighted by atomic mass is 10.3. The van der Waals surface area contributed by atoms with Crippen LogP contribution in [0.5, 0.6) is 0 Å². The first kappa shape index (κ1) is 14.6. The summed E-state index contributed by atoms with van der Waals surface area (Å²) >= 11 is 2.77. The Morgan fingerprint density at radius 2 is 2.00 bits per heavy atom. The number of carbonyl (C=O) groups excluding carboxylic acids is 1. The molecule has 0 unspecified atom stereocenters. The van der Waals surface area contributed by atoms with E-state index in [2.05, 4.69) is 31.4 Å². The van der Waals surface area contributed by atoms with Crippen LogP contribution in [0.4, 0.5) is 19.0 Å². The zero-order chi connectivity index (χ0) is 15.1. The van der Waals surface area contributed by atoms with Gasteiger partial charge in [0.25, 0.3) is 5.91 Å². The molecule has 2 rings (SSSR count). The number of amides is 1. The number of rotatable bonds is 2. The zero-order valence-electron chi connectivity index (χ0n) is 10.4. The van der Waals surface area contributed by atoms with Gasteiger partial charge in [-0.05, 0) is 15.9 Å². The lowest BCUT2D eigenvalue weighted by Gasteiger charge is -2.06. The predicted octanol–water partition coefficient (Wildman–Crippen LogP) is 2.19. The number of anilines is 1. The topological polar surface area (TPSA) is 64.7 Å². The minimum Gasteiger partial charge on any atom is -0.304 e. The molecular weight excluding hydrogens is 343 g/mol. The smallest absolute Gasteiger partial charge is 0.304 e. The summed E-state index contributed by atoms with van der Waals surface area (Å²) in [4.78, 5) is 11.9. The van der Waals surface area contributed by atoms with Crippen molar-refractivity contribution in [2.45, 2.75) is 6.18 Å². The number of halogens is 4. The van der Waals surface area contributed by atoms with E-state index in [-0.39, 0.29) is 11.5 Å². The van der Waals surface area contributed by atoms with Gasteiger partial charge in [-0.15, -0.1) is 0 Å². The van der Waals surface area contributed by atoms with Crippen molar-refractivity contribution in [3.05, 3.63) is 28.1 Å². The second-order valence-electron chi connectivity index (χ2n) is 3.96. The highest BCUT2D eigenvalue weighted by Gasteiger charge is 2.39. The van der Waals surface area contributed by atoms with Gasteiger partial charge < -0.3 is 5.32 Å². The third kappa shape index (κ3) is 2.69. The minimum atomic E-state index is -4.61. The molecule has 0 aliphatic heterocycles. The minimum absolute atomic E-state index is 0.226. The van der Waals surface area contributed by atoms with Crippen LogP contribution in [0.1, 0.15) is 16.2 Å². The molecule has 0 saturated carbocycles. The molecule has 1 N–H and O–H groups in total. The molecule has 2 aromatic rings. The van der Waals surface area contributed by atoms with Crippen LogP contribution in [0.2, 0.25) is 0 Å². The van der Waals surface area contributed by atoms with E-state index >= 15 is 0 Å². The number of hydrogen-bond acceptors (Lipinski definition) is 3. The molecule has 0 atom stereocenters. The fourth-order valence-corrected chi connectivity index (χ4v) is 2.35. The van der Waals surface area contributed by atoms with E-state index in [4.69, 9.17) is 0 Å². The third-order valence-electron chi connectivity index (χ3n) is 2.43. The molecule has 0 bridgehead atoms. The van der Waals surface area contributed by atoms with Crippen molar-refractivity contribution in [1.82, 2.24) is 19.6 Å². The van der Waals surface area contributed by atoms with E-state index in [1.54, 1.807) is 13.2 Å². The van der Waals surface area contributed by atoms with E-state index in [9.17, 15) is 18.0 Å². The molecule has 2 heterocycles. The van der Waals surface area contributed by atoms with Crippen LogP contribution in [-0.2, 0) is 20.3 Å². The van der Waals surface area contributed by atoms with Crippen LogP contribution in [0.3, 0.4) is 0 Å². The second-order valence-corrected chi connectivity index (χ2v) is 4.75. The molecule has 0 aliphatic rings. The molecule has 10 heteroatoms. The maximum Gasteiger partial charge on any atom is 0.434 e. The average molecular weight is 352 g/mol. The van der Waals surface area contributed by atoms with Gasteiger partial charge >= 0.3 is 6.18 Å². The highest BCUT2D eigenvalue weighted by molar-refractivity contribution is 9.10. The standard InChI is InChI=1S/C10H9BrF3N5O/c1-18-4-3-5(16-18)15-9(20)7-6(11)8(10(12,13)14)19(2)17-7/h3-4H,1-2H3,(H,15,16,20). The van der Waals surface area contributed by atoms with Gasteiger partial charge in [0.2, 0.25) is 0 Å². The average Bonchev–Trinajstić information content (AvgIpc) is 2.81. The summed E-state index contributed by atoms with van der Waals surface area (Å²) in [5.74, 6) is -0.551. The summed E-state index contributed by atoms with van der Waals surface area (Å²) in [6, 6.07) is 1.51. The Balaban J connectivity index is 2.32. The van der Waals surface area contributed by atoms with Gasteiger partial charge in [-0.2, -0.15) is 23.4 Å². The van der Waals surface area contributed by atoms with Crippen LogP contribution < -0.4 is 5.32 Å². The molecule has 1 amide bonds. The molecule has 0 radical (unpaired) electrons. The first-order chi connectivity index (χ1) is 9.20. The Labute approximate surface area is 119 Å². The highest BCUT2D eigenvalue weighted by Crippen LogP contribution is 2.36. The Bertz CT molecular complexity index is 660. The van der Waals surface area contributed by atoms with Crippen molar-refractivity contribution in [3.8, 4) is 0 Å². The summed E-state index contributed by atoms with van der Waals surface area (Å²) in [5, 5.41) is 9.85. The van der Waals surface area contributed by atoms with Crippen molar-refractivity contribution >= 4 is 27.7 Å². The first-order valence-electron chi connectivity index (χ1n) is 5.31. The fourth-order valence-electron chi connectivity index (χ4n) is 1.61. The molecule has 20 heavy (non-hydrogen) atoms. The Morgan fingerprint density at radius 3 is 2.45 bits per heavy atom. The van der Waals surface area contributed by atoms with E-state index < -0.39 is 22.3 Å². The number of nitrogens with zero attached hydrogens (tertiary/aromatic N) is 4. The lowest BCUT2D eigenvalue weighted by Crippen LogP contribution is -2.14. The van der Waals surface area contributed by atoms with Crippen molar-refractivity contribution in [1.29, 1.82) is 0 Å². The summed E-state index contributed by atoms with van der Waals surface area (Å²) in [7, 11) is 2.76. The van der Waals surface area contributed by atoms with E-state index in [1.807, 2.05) is 0 Å². The van der Waals surface area contributed by atoms with Crippen molar-refractivity contribution < 1.29 is 18.0 Å². The quantitative estimate of drug-likeness (QED) is 0.901. The van der Waals surface area contributed by atoms with Gasteiger partial charge in [0.1, 0.15) is 0 Å². The van der Waals surface area contributed by atoms with Crippen molar-refractivity contribution in [2.75, 3.05) is 5.32 Å². The summed E-state index contributed by atoms with van der Waals surface area (Å²) < 4.78 is 40.0. The van der Waals surface area contributed by atoms with Gasteiger partial charge in [0.15, 0.2) is 17.2 Å².